The van der Waals surface area contributed by atoms with Crippen molar-refractivity contribution in [2.75, 3.05) is 0 Å². The summed E-state index contributed by atoms with van der Waals surface area (Å²) in [6, 6.07) is 17.4. The normalized spacial score (nSPS) is 10.4. The molecule has 1 heterocycles. The maximum Gasteiger partial charge on any atom is 0.313 e. The van der Waals surface area contributed by atoms with Crippen LogP contribution in [0, 0.1) is 0 Å². The highest BCUT2D eigenvalue weighted by Gasteiger charge is 2.06. The fourth-order valence-corrected chi connectivity index (χ4v) is 1.87. The van der Waals surface area contributed by atoms with Crippen LogP contribution in [0.1, 0.15) is 5.56 Å². The Morgan fingerprint density at radius 2 is 1.70 bits per heavy atom. The minimum Gasteiger partial charge on any atom is -0.489 e. The van der Waals surface area contributed by atoms with Gasteiger partial charge in [-0.2, -0.15) is 0 Å². The molecule has 0 aliphatic rings. The van der Waals surface area contributed by atoms with E-state index in [1.165, 1.54) is 0 Å². The van der Waals surface area contributed by atoms with Crippen LogP contribution in [-0.4, -0.2) is 10.2 Å². The molecule has 0 aliphatic carbocycles. The van der Waals surface area contributed by atoms with E-state index < -0.39 is 0 Å². The lowest BCUT2D eigenvalue weighted by Gasteiger charge is -2.06. The maximum atomic E-state index is 5.70. The van der Waals surface area contributed by atoms with E-state index in [1.54, 1.807) is 0 Å². The molecule has 3 aromatic rings. The smallest absolute Gasteiger partial charge is 0.313 e. The van der Waals surface area contributed by atoms with Crippen LogP contribution in [0.15, 0.2) is 59.0 Å². The van der Waals surface area contributed by atoms with Crippen molar-refractivity contribution in [1.82, 2.24) is 10.2 Å². The van der Waals surface area contributed by atoms with Crippen LogP contribution < -0.4 is 4.74 Å². The standard InChI is InChI=1S/C15H11ClN2O2/c16-15-18-17-14(20-15)12-6-8-13(9-7-12)19-10-11-4-2-1-3-5-11/h1-9H,10H2. The lowest BCUT2D eigenvalue weighted by molar-refractivity contribution is 0.306. The Morgan fingerprint density at radius 3 is 2.35 bits per heavy atom. The van der Waals surface area contributed by atoms with E-state index in [2.05, 4.69) is 10.2 Å². The minimum absolute atomic E-state index is 0.0319. The molecule has 0 saturated heterocycles. The molecular formula is C15H11ClN2O2. The average Bonchev–Trinajstić information content (AvgIpc) is 2.93. The van der Waals surface area contributed by atoms with Crippen LogP contribution in [-0.2, 0) is 6.61 Å². The molecular weight excluding hydrogens is 276 g/mol. The van der Waals surface area contributed by atoms with Gasteiger partial charge < -0.3 is 9.15 Å². The lowest BCUT2D eigenvalue weighted by atomic mass is 10.2. The van der Waals surface area contributed by atoms with Crippen molar-refractivity contribution >= 4 is 11.6 Å². The molecule has 100 valence electrons. The van der Waals surface area contributed by atoms with Crippen molar-refractivity contribution in [3.8, 4) is 17.2 Å². The highest BCUT2D eigenvalue weighted by molar-refractivity contribution is 6.27. The number of hydrogen-bond donors (Lipinski definition) is 0. The molecule has 20 heavy (non-hydrogen) atoms. The Hall–Kier alpha value is -2.33. The Balaban J connectivity index is 1.67. The summed E-state index contributed by atoms with van der Waals surface area (Å²) in [5.74, 6) is 1.17. The molecule has 0 N–H and O–H groups in total. The second kappa shape index (κ2) is 5.75. The minimum atomic E-state index is 0.0319. The van der Waals surface area contributed by atoms with Crippen molar-refractivity contribution in [1.29, 1.82) is 0 Å². The van der Waals surface area contributed by atoms with Gasteiger partial charge in [-0.3, -0.25) is 0 Å². The molecule has 0 amide bonds. The number of rotatable bonds is 4. The van der Waals surface area contributed by atoms with Crippen LogP contribution >= 0.6 is 11.6 Å². The summed E-state index contributed by atoms with van der Waals surface area (Å²) < 4.78 is 10.8. The van der Waals surface area contributed by atoms with Gasteiger partial charge in [-0.15, -0.1) is 5.10 Å². The SMILES string of the molecule is Clc1nnc(-c2ccc(OCc3ccccc3)cc2)o1. The van der Waals surface area contributed by atoms with Gasteiger partial charge in [0, 0.05) is 5.56 Å². The Labute approximate surface area is 121 Å². The highest BCUT2D eigenvalue weighted by atomic mass is 35.5. The number of hydrogen-bond acceptors (Lipinski definition) is 4. The Bertz CT molecular complexity index is 681. The summed E-state index contributed by atoms with van der Waals surface area (Å²) in [5.41, 5.74) is 1.93. The number of aromatic nitrogens is 2. The molecule has 0 saturated carbocycles. The van der Waals surface area contributed by atoms with Crippen molar-refractivity contribution in [3.63, 3.8) is 0 Å². The summed E-state index contributed by atoms with van der Waals surface area (Å²) in [7, 11) is 0. The average molecular weight is 287 g/mol. The maximum absolute atomic E-state index is 5.70. The first kappa shape index (κ1) is 12.7. The number of halogens is 1. The third-order valence-electron chi connectivity index (χ3n) is 2.75. The van der Waals surface area contributed by atoms with Gasteiger partial charge in [-0.1, -0.05) is 35.4 Å². The predicted molar refractivity (Wildman–Crippen MR) is 75.5 cm³/mol. The monoisotopic (exact) mass is 286 g/mol. The Kier molecular flexibility index (Phi) is 3.65. The number of nitrogens with zero attached hydrogens (tertiary/aromatic N) is 2. The fraction of sp³-hybridized carbons (Fsp3) is 0.0667. The van der Waals surface area contributed by atoms with Crippen molar-refractivity contribution < 1.29 is 9.15 Å². The molecule has 0 spiro atoms. The molecule has 3 rings (SSSR count). The second-order valence-corrected chi connectivity index (χ2v) is 4.48. The van der Waals surface area contributed by atoms with Crippen LogP contribution in [0.2, 0.25) is 5.35 Å². The van der Waals surface area contributed by atoms with Crippen LogP contribution in [0.25, 0.3) is 11.5 Å². The summed E-state index contributed by atoms with van der Waals surface area (Å²) in [6.45, 7) is 0.534. The summed E-state index contributed by atoms with van der Waals surface area (Å²) in [4.78, 5) is 0. The van der Waals surface area contributed by atoms with Crippen LogP contribution in [0.4, 0.5) is 0 Å². The Morgan fingerprint density at radius 1 is 0.950 bits per heavy atom. The van der Waals surface area contributed by atoms with Gasteiger partial charge in [-0.05, 0) is 41.4 Å². The van der Waals surface area contributed by atoms with E-state index in [1.807, 2.05) is 54.6 Å². The molecule has 0 fully saturated rings. The summed E-state index contributed by atoms with van der Waals surface area (Å²) in [6.07, 6.45) is 0. The van der Waals surface area contributed by atoms with Crippen molar-refractivity contribution in [2.45, 2.75) is 6.61 Å². The van der Waals surface area contributed by atoms with E-state index in [-0.39, 0.29) is 5.35 Å². The van der Waals surface area contributed by atoms with Gasteiger partial charge in [0.25, 0.3) is 0 Å². The largest absolute Gasteiger partial charge is 0.489 e. The van der Waals surface area contributed by atoms with Crippen LogP contribution in [0.3, 0.4) is 0 Å². The fourth-order valence-electron chi connectivity index (χ4n) is 1.76. The van der Waals surface area contributed by atoms with Gasteiger partial charge in [0.1, 0.15) is 12.4 Å². The summed E-state index contributed by atoms with van der Waals surface area (Å²) in [5, 5.41) is 7.46. The van der Waals surface area contributed by atoms with Crippen LogP contribution in [0.5, 0.6) is 5.75 Å². The van der Waals surface area contributed by atoms with Gasteiger partial charge in [-0.25, -0.2) is 0 Å². The van der Waals surface area contributed by atoms with E-state index in [9.17, 15) is 0 Å². The first-order valence-corrected chi connectivity index (χ1v) is 6.45. The molecule has 4 nitrogen and oxygen atoms in total. The van der Waals surface area contributed by atoms with E-state index in [0.717, 1.165) is 16.9 Å². The topological polar surface area (TPSA) is 48.2 Å². The molecule has 0 aliphatic heterocycles. The number of ether oxygens (including phenoxy) is 1. The van der Waals surface area contributed by atoms with Gasteiger partial charge in [0.15, 0.2) is 0 Å². The molecule has 0 unspecified atom stereocenters. The molecule has 0 bridgehead atoms. The second-order valence-electron chi connectivity index (χ2n) is 4.16. The van der Waals surface area contributed by atoms with E-state index in [0.29, 0.717) is 12.5 Å². The zero-order valence-electron chi connectivity index (χ0n) is 10.5. The molecule has 1 aromatic heterocycles. The van der Waals surface area contributed by atoms with Gasteiger partial charge in [0.05, 0.1) is 0 Å². The molecule has 0 atom stereocenters. The molecule has 5 heteroatoms. The quantitative estimate of drug-likeness (QED) is 0.728. The summed E-state index contributed by atoms with van der Waals surface area (Å²) >= 11 is 5.59. The first-order chi connectivity index (χ1) is 9.81. The molecule has 0 radical (unpaired) electrons. The van der Waals surface area contributed by atoms with Gasteiger partial charge >= 0.3 is 5.35 Å². The third-order valence-corrected chi connectivity index (χ3v) is 2.90. The zero-order chi connectivity index (χ0) is 13.8. The number of benzene rings is 2. The van der Waals surface area contributed by atoms with E-state index >= 15 is 0 Å². The highest BCUT2D eigenvalue weighted by Crippen LogP contribution is 2.23. The van der Waals surface area contributed by atoms with Crippen molar-refractivity contribution in [3.05, 3.63) is 65.5 Å². The lowest BCUT2D eigenvalue weighted by Crippen LogP contribution is -1.94. The van der Waals surface area contributed by atoms with E-state index in [4.69, 9.17) is 20.8 Å². The molecule has 2 aromatic carbocycles. The van der Waals surface area contributed by atoms with Crippen molar-refractivity contribution in [2.24, 2.45) is 0 Å². The zero-order valence-corrected chi connectivity index (χ0v) is 11.2. The van der Waals surface area contributed by atoms with Gasteiger partial charge in [0.2, 0.25) is 5.89 Å². The predicted octanol–water partition coefficient (Wildman–Crippen LogP) is 3.97. The third kappa shape index (κ3) is 2.97. The first-order valence-electron chi connectivity index (χ1n) is 6.07.